The van der Waals surface area contributed by atoms with Crippen molar-refractivity contribution >= 4 is 106 Å². The average Bonchev–Trinajstić information content (AvgIpc) is 1.65. The van der Waals surface area contributed by atoms with Crippen molar-refractivity contribution in [2.24, 2.45) is 5.92 Å². The third-order valence-corrected chi connectivity index (χ3v) is 15.3. The number of hydrogen-bond acceptors (Lipinski definition) is 10. The van der Waals surface area contributed by atoms with E-state index in [9.17, 15) is 29.4 Å². The first-order valence-electron chi connectivity index (χ1n) is 28.8. The molecule has 0 aliphatic carbocycles. The van der Waals surface area contributed by atoms with Gasteiger partial charge in [-0.3, -0.25) is 10.6 Å². The van der Waals surface area contributed by atoms with Crippen molar-refractivity contribution in [3.05, 3.63) is 247 Å². The molecule has 0 saturated carbocycles. The molecule has 92 heavy (non-hydrogen) atoms. The number of benzene rings is 8. The van der Waals surface area contributed by atoms with Gasteiger partial charge in [0.05, 0.1) is 71.4 Å². The summed E-state index contributed by atoms with van der Waals surface area (Å²) >= 11 is 25.2. The molecule has 0 aliphatic rings. The summed E-state index contributed by atoms with van der Waals surface area (Å²) in [4.78, 5) is 56.3. The van der Waals surface area contributed by atoms with E-state index in [0.29, 0.717) is 85.7 Å². The predicted molar refractivity (Wildman–Crippen MR) is 366 cm³/mol. The summed E-state index contributed by atoms with van der Waals surface area (Å²) in [5, 5.41) is 26.0. The molecule has 0 aliphatic heterocycles. The maximum Gasteiger partial charge on any atom is 0.411 e. The second-order valence-corrected chi connectivity index (χ2v) is 22.9. The standard InChI is InChI=1S/C37H33Cl2N3O5.C35H29Cl2N3O5/c1-23(2)22-47-37(45)41-32-16-13-28(18-34(32)46-3)26-9-4-24(5-10-26)8-17-35-40-33(30-15-14-29(38)19-31(30)39)21-42(35)20-25-6-11-27(12-7-25)36(43)44;1-3-45-35(43)39-30-16-13-26(18-32(30)44-2)24-9-4-22(5-10-24)8-17-33-38-31(28-15-14-27(36)19-29(28)37)21-40(33)20-23-6-11-25(12-7-23)34(41)42/h4-19,21,23H,20,22H2,1-3H3,(H,41,45)(H,43,44);4-19,21H,3,20H2,1-2H3,(H,39,43)(H,41,42)/b2*17-8+. The van der Waals surface area contributed by atoms with Crippen LogP contribution in [-0.2, 0) is 22.6 Å². The van der Waals surface area contributed by atoms with Gasteiger partial charge in [0.2, 0.25) is 0 Å². The van der Waals surface area contributed by atoms with Crippen LogP contribution in [0, 0.1) is 5.92 Å². The third-order valence-electron chi connectivity index (χ3n) is 14.2. The molecule has 0 atom stereocenters. The highest BCUT2D eigenvalue weighted by Crippen LogP contribution is 2.36. The van der Waals surface area contributed by atoms with Crippen LogP contribution >= 0.6 is 46.4 Å². The van der Waals surface area contributed by atoms with Gasteiger partial charge in [0.1, 0.15) is 23.1 Å². The smallest absolute Gasteiger partial charge is 0.411 e. The van der Waals surface area contributed by atoms with Gasteiger partial charge in [-0.05, 0) is 154 Å². The number of imidazole rings is 2. The molecule has 0 fully saturated rings. The molecule has 2 heterocycles. The number of amides is 2. The number of rotatable bonds is 21. The number of anilines is 2. The Hall–Kier alpha value is -10.1. The average molecular weight is 1310 g/mol. The lowest BCUT2D eigenvalue weighted by Crippen LogP contribution is -2.17. The summed E-state index contributed by atoms with van der Waals surface area (Å²) in [5.41, 5.74) is 11.9. The number of aromatic carboxylic acids is 2. The van der Waals surface area contributed by atoms with Crippen molar-refractivity contribution in [3.63, 3.8) is 0 Å². The number of halogens is 4. The van der Waals surface area contributed by atoms with Crippen molar-refractivity contribution in [1.82, 2.24) is 19.1 Å². The number of ether oxygens (including phenoxy) is 4. The van der Waals surface area contributed by atoms with E-state index >= 15 is 0 Å². The topological polar surface area (TPSA) is 205 Å². The number of nitrogens with one attached hydrogen (secondary N) is 2. The van der Waals surface area contributed by atoms with Crippen LogP contribution in [-0.4, -0.2) is 80.9 Å². The van der Waals surface area contributed by atoms with Gasteiger partial charge in [-0.25, -0.2) is 29.1 Å². The van der Waals surface area contributed by atoms with Crippen molar-refractivity contribution in [2.75, 3.05) is 38.1 Å². The minimum absolute atomic E-state index is 0.226. The van der Waals surface area contributed by atoms with Crippen molar-refractivity contribution in [1.29, 1.82) is 0 Å². The van der Waals surface area contributed by atoms with Gasteiger partial charge in [0.15, 0.2) is 0 Å². The monoisotopic (exact) mass is 1310 g/mol. The van der Waals surface area contributed by atoms with Gasteiger partial charge in [0.25, 0.3) is 0 Å². The van der Waals surface area contributed by atoms with Crippen molar-refractivity contribution in [2.45, 2.75) is 33.9 Å². The molecule has 8 aromatic carbocycles. The highest BCUT2D eigenvalue weighted by Gasteiger charge is 2.17. The summed E-state index contributed by atoms with van der Waals surface area (Å²) in [7, 11) is 3.10. The Labute approximate surface area is 551 Å². The fourth-order valence-corrected chi connectivity index (χ4v) is 10.5. The summed E-state index contributed by atoms with van der Waals surface area (Å²) in [6.07, 6.45) is 10.6. The van der Waals surface area contributed by atoms with E-state index in [-0.39, 0.29) is 23.7 Å². The zero-order valence-corrected chi connectivity index (χ0v) is 53.5. The number of aromatic nitrogens is 4. The van der Waals surface area contributed by atoms with Gasteiger partial charge in [0, 0.05) is 46.7 Å². The first kappa shape index (κ1) is 66.3. The Bertz CT molecular complexity index is 4340. The molecular formula is C72H62Cl4N6O10. The number of nitrogens with zero attached hydrogens (tertiary/aromatic N) is 4. The summed E-state index contributed by atoms with van der Waals surface area (Å²) in [6.45, 7) is 7.23. The fourth-order valence-electron chi connectivity index (χ4n) is 9.46. The minimum atomic E-state index is -0.972. The first-order chi connectivity index (χ1) is 44.3. The number of methoxy groups -OCH3 is 2. The van der Waals surface area contributed by atoms with Crippen LogP contribution in [0.2, 0.25) is 20.1 Å². The molecule has 0 bridgehead atoms. The van der Waals surface area contributed by atoms with Crippen molar-refractivity contribution < 1.29 is 48.3 Å². The lowest BCUT2D eigenvalue weighted by molar-refractivity contribution is 0.0686. The summed E-state index contributed by atoms with van der Waals surface area (Å²) in [5.74, 6) is 0.718. The van der Waals surface area contributed by atoms with Gasteiger partial charge >= 0.3 is 24.1 Å². The molecule has 2 aromatic heterocycles. The second kappa shape index (κ2) is 31.1. The van der Waals surface area contributed by atoms with E-state index < -0.39 is 24.1 Å². The molecule has 10 rings (SSSR count). The summed E-state index contributed by atoms with van der Waals surface area (Å²) < 4.78 is 25.2. The highest BCUT2D eigenvalue weighted by atomic mass is 35.5. The van der Waals surface area contributed by atoms with Crippen LogP contribution in [0.4, 0.5) is 21.0 Å². The van der Waals surface area contributed by atoms with E-state index in [1.54, 1.807) is 106 Å². The zero-order valence-electron chi connectivity index (χ0n) is 50.5. The Kier molecular flexibility index (Phi) is 22.4. The number of hydrogen-bond donors (Lipinski definition) is 4. The van der Waals surface area contributed by atoms with Crippen LogP contribution in [0.5, 0.6) is 11.5 Å². The molecule has 2 amide bonds. The number of carboxylic acid groups (broad SMARTS) is 2. The van der Waals surface area contributed by atoms with Crippen LogP contribution < -0.4 is 20.1 Å². The van der Waals surface area contributed by atoms with E-state index in [1.165, 1.54) is 0 Å². The van der Waals surface area contributed by atoms with Crippen LogP contribution in [0.25, 0.3) is 69.1 Å². The Morgan fingerprint density at radius 2 is 0.891 bits per heavy atom. The molecule has 0 saturated heterocycles. The third kappa shape index (κ3) is 17.6. The van der Waals surface area contributed by atoms with E-state index in [0.717, 1.165) is 55.6 Å². The molecule has 16 nitrogen and oxygen atoms in total. The van der Waals surface area contributed by atoms with Gasteiger partial charge in [-0.1, -0.05) is 157 Å². The maximum atomic E-state index is 12.2. The lowest BCUT2D eigenvalue weighted by Gasteiger charge is -2.13. The largest absolute Gasteiger partial charge is 0.495 e. The Balaban J connectivity index is 0.000000218. The highest BCUT2D eigenvalue weighted by molar-refractivity contribution is 6.37. The normalized spacial score (nSPS) is 11.1. The van der Waals surface area contributed by atoms with E-state index in [4.69, 9.17) is 75.3 Å². The second-order valence-electron chi connectivity index (χ2n) is 21.2. The molecule has 0 spiro atoms. The van der Waals surface area contributed by atoms with Gasteiger partial charge in [-0.15, -0.1) is 0 Å². The summed E-state index contributed by atoms with van der Waals surface area (Å²) in [6, 6.07) is 51.2. The quantitative estimate of drug-likeness (QED) is 0.0530. The zero-order chi connectivity index (χ0) is 65.4. The van der Waals surface area contributed by atoms with E-state index in [2.05, 4.69) is 10.6 Å². The molecule has 10 aromatic rings. The van der Waals surface area contributed by atoms with E-state index in [1.807, 2.05) is 145 Å². The molecule has 0 unspecified atom stereocenters. The lowest BCUT2D eigenvalue weighted by atomic mass is 10.0. The van der Waals surface area contributed by atoms with Crippen LogP contribution in [0.3, 0.4) is 0 Å². The molecule has 20 heteroatoms. The molecule has 4 N–H and O–H groups in total. The molecular weight excluding hydrogens is 1250 g/mol. The number of carbonyl (C=O) groups is 4. The SMILES string of the molecule is CCOC(=O)Nc1ccc(-c2ccc(/C=C/c3nc(-c4ccc(Cl)cc4Cl)cn3Cc3ccc(C(=O)O)cc3)cc2)cc1OC.COc1cc(-c2ccc(/C=C/c3nc(-c4ccc(Cl)cc4Cl)cn3Cc3ccc(C(=O)O)cc3)cc2)ccc1NC(=O)OCC(C)C. The Morgan fingerprint density at radius 1 is 0.500 bits per heavy atom. The first-order valence-corrected chi connectivity index (χ1v) is 30.3. The number of carboxylic acids is 2. The van der Waals surface area contributed by atoms with Crippen LogP contribution in [0.15, 0.2) is 182 Å². The minimum Gasteiger partial charge on any atom is -0.495 e. The number of carbonyl (C=O) groups excluding carboxylic acids is 2. The predicted octanol–water partition coefficient (Wildman–Crippen LogP) is 18.7. The molecule has 0 radical (unpaired) electrons. The van der Waals surface area contributed by atoms with Crippen LogP contribution in [0.1, 0.15) is 75.4 Å². The Morgan fingerprint density at radius 3 is 1.25 bits per heavy atom. The van der Waals surface area contributed by atoms with Gasteiger partial charge < -0.3 is 38.3 Å². The van der Waals surface area contributed by atoms with Gasteiger partial charge in [-0.2, -0.15) is 0 Å². The fraction of sp³-hybridized carbons (Fsp3) is 0.139. The molecule has 468 valence electrons. The maximum absolute atomic E-state index is 12.2. The van der Waals surface area contributed by atoms with Crippen molar-refractivity contribution in [3.8, 4) is 56.3 Å².